The van der Waals surface area contributed by atoms with Gasteiger partial charge in [0.15, 0.2) is 0 Å². The van der Waals surface area contributed by atoms with Gasteiger partial charge in [-0.2, -0.15) is 0 Å². The summed E-state index contributed by atoms with van der Waals surface area (Å²) in [6.45, 7) is 4.31. The molecule has 0 heterocycles. The third-order valence-corrected chi connectivity index (χ3v) is 3.76. The van der Waals surface area contributed by atoms with Crippen molar-refractivity contribution in [1.82, 2.24) is 0 Å². The lowest BCUT2D eigenvalue weighted by atomic mass is 10.1. The maximum Gasteiger partial charge on any atom is 0.0485 e. The van der Waals surface area contributed by atoms with Gasteiger partial charge in [0.2, 0.25) is 0 Å². The molecule has 1 unspecified atom stereocenters. The van der Waals surface area contributed by atoms with Crippen molar-refractivity contribution in [3.8, 4) is 0 Å². The van der Waals surface area contributed by atoms with Crippen LogP contribution in [0.5, 0.6) is 0 Å². The van der Waals surface area contributed by atoms with Crippen LogP contribution in [0, 0.1) is 6.92 Å². The Kier molecular flexibility index (Phi) is 4.32. The number of thioether (sulfide) groups is 1. The monoisotopic (exact) mass is 257 g/mol. The van der Waals surface area contributed by atoms with E-state index in [1.807, 2.05) is 0 Å². The van der Waals surface area contributed by atoms with Gasteiger partial charge in [0, 0.05) is 16.6 Å². The van der Waals surface area contributed by atoms with Gasteiger partial charge in [-0.15, -0.1) is 11.8 Å². The molecular formula is C16H19NS. The van der Waals surface area contributed by atoms with Crippen molar-refractivity contribution in [2.24, 2.45) is 0 Å². The number of hydrogen-bond donors (Lipinski definition) is 1. The number of benzene rings is 2. The Bertz CT molecular complexity index is 505. The average Bonchev–Trinajstić information content (AvgIpc) is 2.39. The highest BCUT2D eigenvalue weighted by atomic mass is 32.2. The molecule has 94 valence electrons. The summed E-state index contributed by atoms with van der Waals surface area (Å²) in [7, 11) is 0. The molecule has 0 radical (unpaired) electrons. The van der Waals surface area contributed by atoms with E-state index < -0.39 is 0 Å². The molecule has 1 nitrogen and oxygen atoms in total. The molecule has 0 amide bonds. The van der Waals surface area contributed by atoms with Crippen LogP contribution in [0.2, 0.25) is 0 Å². The van der Waals surface area contributed by atoms with Gasteiger partial charge in [-0.3, -0.25) is 0 Å². The summed E-state index contributed by atoms with van der Waals surface area (Å²) < 4.78 is 0. The quantitative estimate of drug-likeness (QED) is 0.783. The van der Waals surface area contributed by atoms with E-state index in [1.165, 1.54) is 21.7 Å². The number of aryl methyl sites for hydroxylation is 1. The molecule has 0 aromatic heterocycles. The van der Waals surface area contributed by atoms with Gasteiger partial charge in [-0.25, -0.2) is 0 Å². The molecule has 2 aromatic carbocycles. The van der Waals surface area contributed by atoms with Crippen molar-refractivity contribution >= 4 is 17.4 Å². The summed E-state index contributed by atoms with van der Waals surface area (Å²) in [4.78, 5) is 1.29. The summed E-state index contributed by atoms with van der Waals surface area (Å²) in [5.41, 5.74) is 3.79. The van der Waals surface area contributed by atoms with Crippen LogP contribution in [0.25, 0.3) is 0 Å². The molecule has 0 bridgehead atoms. The highest BCUT2D eigenvalue weighted by molar-refractivity contribution is 7.98. The van der Waals surface area contributed by atoms with E-state index in [-0.39, 0.29) is 0 Å². The highest BCUT2D eigenvalue weighted by Gasteiger charge is 2.05. The van der Waals surface area contributed by atoms with E-state index in [0.717, 1.165) is 0 Å². The van der Waals surface area contributed by atoms with Crippen LogP contribution >= 0.6 is 11.8 Å². The van der Waals surface area contributed by atoms with Crippen molar-refractivity contribution in [1.29, 1.82) is 0 Å². The number of rotatable bonds is 4. The maximum absolute atomic E-state index is 3.54. The zero-order valence-electron chi connectivity index (χ0n) is 11.1. The van der Waals surface area contributed by atoms with E-state index >= 15 is 0 Å². The first kappa shape index (κ1) is 13.0. The Morgan fingerprint density at radius 3 is 2.44 bits per heavy atom. The largest absolute Gasteiger partial charge is 0.378 e. The Balaban J connectivity index is 2.10. The lowest BCUT2D eigenvalue weighted by Crippen LogP contribution is -2.06. The van der Waals surface area contributed by atoms with Gasteiger partial charge < -0.3 is 5.32 Å². The molecule has 0 aliphatic carbocycles. The molecule has 1 atom stereocenters. The van der Waals surface area contributed by atoms with Crippen LogP contribution in [0.3, 0.4) is 0 Å². The van der Waals surface area contributed by atoms with Crippen LogP contribution in [0.4, 0.5) is 5.69 Å². The summed E-state index contributed by atoms with van der Waals surface area (Å²) in [5, 5.41) is 3.54. The minimum atomic E-state index is 0.322. The minimum Gasteiger partial charge on any atom is -0.378 e. The normalized spacial score (nSPS) is 12.2. The van der Waals surface area contributed by atoms with Crippen molar-refractivity contribution in [2.45, 2.75) is 24.8 Å². The first-order valence-electron chi connectivity index (χ1n) is 6.16. The van der Waals surface area contributed by atoms with Crippen LogP contribution < -0.4 is 5.32 Å². The fourth-order valence-electron chi connectivity index (χ4n) is 1.90. The van der Waals surface area contributed by atoms with Crippen LogP contribution in [-0.2, 0) is 0 Å². The standard InChI is InChI=1S/C16H19NS/c1-12-7-9-14(10-8-12)13(2)17-15-5-4-6-16(11-15)18-3/h4-11,13,17H,1-3H3. The first-order valence-corrected chi connectivity index (χ1v) is 7.38. The van der Waals surface area contributed by atoms with Crippen molar-refractivity contribution in [3.63, 3.8) is 0 Å². The second-order valence-electron chi connectivity index (χ2n) is 4.51. The van der Waals surface area contributed by atoms with Gasteiger partial charge in [-0.05, 0) is 43.9 Å². The van der Waals surface area contributed by atoms with Gasteiger partial charge in [0.25, 0.3) is 0 Å². The second kappa shape index (κ2) is 5.96. The number of anilines is 1. The van der Waals surface area contributed by atoms with Crippen molar-refractivity contribution in [3.05, 3.63) is 59.7 Å². The Morgan fingerprint density at radius 2 is 1.78 bits per heavy atom. The van der Waals surface area contributed by atoms with Crippen LogP contribution in [0.15, 0.2) is 53.4 Å². The molecular weight excluding hydrogens is 238 g/mol. The van der Waals surface area contributed by atoms with Gasteiger partial charge in [-0.1, -0.05) is 35.9 Å². The van der Waals surface area contributed by atoms with Gasteiger partial charge in [0.1, 0.15) is 0 Å². The Labute approximate surface area is 114 Å². The second-order valence-corrected chi connectivity index (χ2v) is 5.39. The zero-order valence-corrected chi connectivity index (χ0v) is 11.9. The topological polar surface area (TPSA) is 12.0 Å². The summed E-state index contributed by atoms with van der Waals surface area (Å²) in [6, 6.07) is 17.5. The summed E-state index contributed by atoms with van der Waals surface area (Å²) in [5.74, 6) is 0. The molecule has 0 spiro atoms. The van der Waals surface area contributed by atoms with Crippen molar-refractivity contribution in [2.75, 3.05) is 11.6 Å². The van der Waals surface area contributed by atoms with Gasteiger partial charge >= 0.3 is 0 Å². The number of hydrogen-bond acceptors (Lipinski definition) is 2. The maximum atomic E-state index is 3.54. The van der Waals surface area contributed by atoms with Crippen LogP contribution in [-0.4, -0.2) is 6.26 Å². The summed E-state index contributed by atoms with van der Waals surface area (Å²) >= 11 is 1.77. The fourth-order valence-corrected chi connectivity index (χ4v) is 2.36. The van der Waals surface area contributed by atoms with E-state index in [0.29, 0.717) is 6.04 Å². The smallest absolute Gasteiger partial charge is 0.0485 e. The molecule has 2 rings (SSSR count). The lowest BCUT2D eigenvalue weighted by Gasteiger charge is -2.16. The number of nitrogens with one attached hydrogen (secondary N) is 1. The Morgan fingerprint density at radius 1 is 1.06 bits per heavy atom. The molecule has 0 aliphatic rings. The third kappa shape index (κ3) is 3.30. The predicted molar refractivity (Wildman–Crippen MR) is 81.4 cm³/mol. The average molecular weight is 257 g/mol. The highest BCUT2D eigenvalue weighted by Crippen LogP contribution is 2.23. The molecule has 0 saturated carbocycles. The van der Waals surface area contributed by atoms with E-state index in [2.05, 4.69) is 74.0 Å². The zero-order chi connectivity index (χ0) is 13.0. The van der Waals surface area contributed by atoms with Crippen molar-refractivity contribution < 1.29 is 0 Å². The molecule has 2 aromatic rings. The molecule has 0 fully saturated rings. The molecule has 0 saturated heterocycles. The molecule has 1 N–H and O–H groups in total. The molecule has 18 heavy (non-hydrogen) atoms. The van der Waals surface area contributed by atoms with Gasteiger partial charge in [0.05, 0.1) is 0 Å². The Hall–Kier alpha value is -1.41. The summed E-state index contributed by atoms with van der Waals surface area (Å²) in [6.07, 6.45) is 2.10. The first-order chi connectivity index (χ1) is 8.69. The van der Waals surface area contributed by atoms with E-state index in [9.17, 15) is 0 Å². The van der Waals surface area contributed by atoms with E-state index in [4.69, 9.17) is 0 Å². The third-order valence-electron chi connectivity index (χ3n) is 3.03. The lowest BCUT2D eigenvalue weighted by molar-refractivity contribution is 0.883. The molecule has 0 aliphatic heterocycles. The predicted octanol–water partition coefficient (Wildman–Crippen LogP) is 4.89. The fraction of sp³-hybridized carbons (Fsp3) is 0.250. The molecule has 2 heteroatoms. The van der Waals surface area contributed by atoms with Crippen LogP contribution in [0.1, 0.15) is 24.1 Å². The SMILES string of the molecule is CSc1cccc(NC(C)c2ccc(C)cc2)c1. The van der Waals surface area contributed by atoms with E-state index in [1.54, 1.807) is 11.8 Å². The minimum absolute atomic E-state index is 0.322.